The van der Waals surface area contributed by atoms with Gasteiger partial charge in [0.2, 0.25) is 0 Å². The van der Waals surface area contributed by atoms with E-state index in [-0.39, 0.29) is 23.1 Å². The summed E-state index contributed by atoms with van der Waals surface area (Å²) < 4.78 is 36.5. The standard InChI is InChI=1S/C14H19ClFNO3S/c1-5-11(8(2)3)17-14(18)10-6-9(4)13(16)12(7-10)21(15,19)20/h6-8,11H,5H2,1-4H3,(H,17,18). The van der Waals surface area contributed by atoms with E-state index in [1.165, 1.54) is 13.0 Å². The van der Waals surface area contributed by atoms with Crippen LogP contribution in [0, 0.1) is 18.7 Å². The fourth-order valence-corrected chi connectivity index (χ4v) is 3.02. The number of hydrogen-bond acceptors (Lipinski definition) is 3. The number of rotatable bonds is 5. The van der Waals surface area contributed by atoms with E-state index < -0.39 is 25.7 Å². The van der Waals surface area contributed by atoms with Crippen LogP contribution in [0.2, 0.25) is 0 Å². The van der Waals surface area contributed by atoms with Gasteiger partial charge in [-0.1, -0.05) is 20.8 Å². The van der Waals surface area contributed by atoms with Crippen LogP contribution < -0.4 is 5.32 Å². The minimum Gasteiger partial charge on any atom is -0.349 e. The lowest BCUT2D eigenvalue weighted by Crippen LogP contribution is -2.38. The van der Waals surface area contributed by atoms with E-state index in [0.29, 0.717) is 0 Å². The predicted molar refractivity (Wildman–Crippen MR) is 80.6 cm³/mol. The van der Waals surface area contributed by atoms with Gasteiger partial charge in [0.25, 0.3) is 15.0 Å². The number of carbonyl (C=O) groups excluding carboxylic acids is 1. The van der Waals surface area contributed by atoms with Gasteiger partial charge < -0.3 is 5.32 Å². The first-order valence-corrected chi connectivity index (χ1v) is 8.94. The van der Waals surface area contributed by atoms with Crippen molar-refractivity contribution >= 4 is 25.6 Å². The summed E-state index contributed by atoms with van der Waals surface area (Å²) in [6, 6.07) is 2.23. The van der Waals surface area contributed by atoms with E-state index in [1.807, 2.05) is 20.8 Å². The van der Waals surface area contributed by atoms with Crippen LogP contribution in [0.15, 0.2) is 17.0 Å². The number of halogens is 2. The number of benzene rings is 1. The topological polar surface area (TPSA) is 63.2 Å². The molecule has 0 saturated carbocycles. The van der Waals surface area contributed by atoms with Crippen molar-refractivity contribution in [1.82, 2.24) is 5.32 Å². The summed E-state index contributed by atoms with van der Waals surface area (Å²) >= 11 is 0. The number of nitrogens with one attached hydrogen (secondary N) is 1. The highest BCUT2D eigenvalue weighted by Crippen LogP contribution is 2.23. The second-order valence-electron chi connectivity index (χ2n) is 5.28. The molecular formula is C14H19ClFNO3S. The van der Waals surface area contributed by atoms with E-state index in [9.17, 15) is 17.6 Å². The third-order valence-electron chi connectivity index (χ3n) is 3.31. The zero-order valence-corrected chi connectivity index (χ0v) is 14.0. The third kappa shape index (κ3) is 4.41. The maximum atomic E-state index is 13.8. The Bertz CT molecular complexity index is 644. The average molecular weight is 336 g/mol. The lowest BCUT2D eigenvalue weighted by molar-refractivity contribution is 0.0924. The van der Waals surface area contributed by atoms with E-state index in [2.05, 4.69) is 5.32 Å². The van der Waals surface area contributed by atoms with Gasteiger partial charge in [-0.3, -0.25) is 4.79 Å². The van der Waals surface area contributed by atoms with Crippen LogP contribution in [0.1, 0.15) is 43.1 Å². The molecule has 1 N–H and O–H groups in total. The van der Waals surface area contributed by atoms with E-state index in [1.54, 1.807) is 0 Å². The number of carbonyl (C=O) groups is 1. The molecule has 0 bridgehead atoms. The van der Waals surface area contributed by atoms with Crippen molar-refractivity contribution in [3.8, 4) is 0 Å². The molecule has 0 aliphatic carbocycles. The largest absolute Gasteiger partial charge is 0.349 e. The lowest BCUT2D eigenvalue weighted by atomic mass is 10.0. The first kappa shape index (κ1) is 17.9. The molecule has 1 atom stereocenters. The Balaban J connectivity index is 3.20. The molecular weight excluding hydrogens is 317 g/mol. The normalized spacial score (nSPS) is 13.3. The molecule has 0 saturated heterocycles. The molecule has 0 fully saturated rings. The summed E-state index contributed by atoms with van der Waals surface area (Å²) in [4.78, 5) is 11.5. The molecule has 0 aliphatic rings. The molecule has 1 rings (SSSR count). The van der Waals surface area contributed by atoms with Crippen molar-refractivity contribution in [3.05, 3.63) is 29.1 Å². The molecule has 1 amide bonds. The van der Waals surface area contributed by atoms with Gasteiger partial charge in [-0.15, -0.1) is 0 Å². The van der Waals surface area contributed by atoms with Gasteiger partial charge in [0, 0.05) is 22.3 Å². The third-order valence-corrected chi connectivity index (χ3v) is 4.63. The molecule has 118 valence electrons. The Morgan fingerprint density at radius 2 is 1.95 bits per heavy atom. The highest BCUT2D eigenvalue weighted by molar-refractivity contribution is 8.13. The van der Waals surface area contributed by atoms with Crippen molar-refractivity contribution in [3.63, 3.8) is 0 Å². The van der Waals surface area contributed by atoms with Crippen LogP contribution in [-0.4, -0.2) is 20.4 Å². The second kappa shape index (κ2) is 6.75. The fraction of sp³-hybridized carbons (Fsp3) is 0.500. The van der Waals surface area contributed by atoms with Crippen LogP contribution >= 0.6 is 10.7 Å². The molecule has 0 heterocycles. The van der Waals surface area contributed by atoms with Gasteiger partial charge in [-0.25, -0.2) is 12.8 Å². The van der Waals surface area contributed by atoms with Gasteiger partial charge in [0.15, 0.2) is 0 Å². The minimum atomic E-state index is -4.25. The summed E-state index contributed by atoms with van der Waals surface area (Å²) in [5, 5.41) is 2.81. The van der Waals surface area contributed by atoms with Gasteiger partial charge in [-0.05, 0) is 37.0 Å². The van der Waals surface area contributed by atoms with Crippen molar-refractivity contribution < 1.29 is 17.6 Å². The summed E-state index contributed by atoms with van der Waals surface area (Å²) in [6.07, 6.45) is 0.740. The number of hydrogen-bond donors (Lipinski definition) is 1. The average Bonchev–Trinajstić information content (AvgIpc) is 2.36. The molecule has 1 unspecified atom stereocenters. The SMILES string of the molecule is CCC(NC(=O)c1cc(C)c(F)c(S(=O)(=O)Cl)c1)C(C)C. The van der Waals surface area contributed by atoms with Crippen LogP contribution in [-0.2, 0) is 9.05 Å². The summed E-state index contributed by atoms with van der Waals surface area (Å²) in [6.45, 7) is 7.27. The van der Waals surface area contributed by atoms with E-state index >= 15 is 0 Å². The first-order valence-electron chi connectivity index (χ1n) is 6.63. The van der Waals surface area contributed by atoms with Crippen LogP contribution in [0.4, 0.5) is 4.39 Å². The Morgan fingerprint density at radius 1 is 1.38 bits per heavy atom. The Labute approximate surface area is 129 Å². The summed E-state index contributed by atoms with van der Waals surface area (Å²) in [7, 11) is 0.951. The van der Waals surface area contributed by atoms with E-state index in [4.69, 9.17) is 10.7 Å². The molecule has 0 radical (unpaired) electrons. The number of amides is 1. The van der Waals surface area contributed by atoms with Gasteiger partial charge >= 0.3 is 0 Å². The van der Waals surface area contributed by atoms with Gasteiger partial charge in [0.05, 0.1) is 0 Å². The molecule has 0 aliphatic heterocycles. The van der Waals surface area contributed by atoms with Crippen LogP contribution in [0.25, 0.3) is 0 Å². The number of aryl methyl sites for hydroxylation is 1. The zero-order chi connectivity index (χ0) is 16.4. The summed E-state index contributed by atoms with van der Waals surface area (Å²) in [5.41, 5.74) is 0.131. The van der Waals surface area contributed by atoms with Gasteiger partial charge in [-0.2, -0.15) is 0 Å². The highest BCUT2D eigenvalue weighted by atomic mass is 35.7. The molecule has 0 aromatic heterocycles. The summed E-state index contributed by atoms with van der Waals surface area (Å²) in [5.74, 6) is -1.14. The molecule has 1 aromatic carbocycles. The van der Waals surface area contributed by atoms with Crippen molar-refractivity contribution in [1.29, 1.82) is 0 Å². The maximum Gasteiger partial charge on any atom is 0.264 e. The van der Waals surface area contributed by atoms with Crippen molar-refractivity contribution in [2.75, 3.05) is 0 Å². The predicted octanol–water partition coefficient (Wildman–Crippen LogP) is 3.23. The van der Waals surface area contributed by atoms with E-state index in [0.717, 1.165) is 12.5 Å². The molecule has 21 heavy (non-hydrogen) atoms. The van der Waals surface area contributed by atoms with Crippen molar-refractivity contribution in [2.45, 2.75) is 45.1 Å². The zero-order valence-electron chi connectivity index (χ0n) is 12.4. The maximum absolute atomic E-state index is 13.8. The lowest BCUT2D eigenvalue weighted by Gasteiger charge is -2.21. The Morgan fingerprint density at radius 3 is 2.38 bits per heavy atom. The van der Waals surface area contributed by atoms with Crippen LogP contribution in [0.5, 0.6) is 0 Å². The smallest absolute Gasteiger partial charge is 0.264 e. The Kier molecular flexibility index (Phi) is 5.75. The van der Waals surface area contributed by atoms with Gasteiger partial charge in [0.1, 0.15) is 10.7 Å². The van der Waals surface area contributed by atoms with Crippen molar-refractivity contribution in [2.24, 2.45) is 5.92 Å². The first-order chi connectivity index (χ1) is 9.57. The second-order valence-corrected chi connectivity index (χ2v) is 7.81. The molecule has 1 aromatic rings. The molecule has 7 heteroatoms. The Hall–Kier alpha value is -1.14. The minimum absolute atomic E-state index is 0.0427. The molecule has 4 nitrogen and oxygen atoms in total. The molecule has 0 spiro atoms. The fourth-order valence-electron chi connectivity index (χ4n) is 2.04. The monoisotopic (exact) mass is 335 g/mol. The highest BCUT2D eigenvalue weighted by Gasteiger charge is 2.22. The van der Waals surface area contributed by atoms with Crippen LogP contribution in [0.3, 0.4) is 0 Å². The quantitative estimate of drug-likeness (QED) is 0.840.